The van der Waals surface area contributed by atoms with Crippen molar-refractivity contribution in [3.63, 3.8) is 0 Å². The van der Waals surface area contributed by atoms with Gasteiger partial charge in [0.15, 0.2) is 5.78 Å². The Kier molecular flexibility index (Phi) is 5.54. The number of likely N-dealkylation sites (tertiary alicyclic amines) is 1. The third kappa shape index (κ3) is 3.86. The molecule has 1 aromatic carbocycles. The molecule has 1 aromatic heterocycles. The summed E-state index contributed by atoms with van der Waals surface area (Å²) in [6, 6.07) is 6.67. The zero-order valence-corrected chi connectivity index (χ0v) is 16.8. The number of piperidine rings is 1. The standard InChI is InChI=1S/C23H27FN2O3/c1-15-18(12-22(29)25-11-5-7-17(27)14-25)23-20(9-4-10-21(23)28)26(15)13-16-6-2-3-8-19(16)24/h2-3,6,8,17,27H,4-5,7,9-14H2,1H3/t17-/m1/s1. The smallest absolute Gasteiger partial charge is 0.227 e. The monoisotopic (exact) mass is 398 g/mol. The molecule has 154 valence electrons. The van der Waals surface area contributed by atoms with Crippen LogP contribution in [-0.4, -0.2) is 45.5 Å². The lowest BCUT2D eigenvalue weighted by Gasteiger charge is -2.30. The van der Waals surface area contributed by atoms with E-state index in [0.717, 1.165) is 42.6 Å². The van der Waals surface area contributed by atoms with Gasteiger partial charge < -0.3 is 14.6 Å². The van der Waals surface area contributed by atoms with E-state index in [0.29, 0.717) is 37.2 Å². The van der Waals surface area contributed by atoms with E-state index in [9.17, 15) is 19.1 Å². The molecular weight excluding hydrogens is 371 g/mol. The molecular formula is C23H27FN2O3. The molecule has 6 heteroatoms. The van der Waals surface area contributed by atoms with Gasteiger partial charge in [-0.15, -0.1) is 0 Å². The first-order chi connectivity index (χ1) is 14.0. The van der Waals surface area contributed by atoms with Crippen LogP contribution in [0.5, 0.6) is 0 Å². The number of hydrogen-bond donors (Lipinski definition) is 1. The molecule has 2 heterocycles. The number of nitrogens with zero attached hydrogens (tertiary/aromatic N) is 2. The Labute approximate surface area is 170 Å². The van der Waals surface area contributed by atoms with E-state index < -0.39 is 6.10 Å². The van der Waals surface area contributed by atoms with Crippen molar-refractivity contribution in [3.8, 4) is 0 Å². The van der Waals surface area contributed by atoms with Gasteiger partial charge in [-0.25, -0.2) is 4.39 Å². The van der Waals surface area contributed by atoms with Gasteiger partial charge in [0.1, 0.15) is 5.82 Å². The number of aromatic nitrogens is 1. The van der Waals surface area contributed by atoms with Crippen LogP contribution >= 0.6 is 0 Å². The van der Waals surface area contributed by atoms with E-state index in [-0.39, 0.29) is 23.9 Å². The highest BCUT2D eigenvalue weighted by Gasteiger charge is 2.31. The first-order valence-corrected chi connectivity index (χ1v) is 10.4. The fourth-order valence-electron chi connectivity index (χ4n) is 4.66. The Morgan fingerprint density at radius 2 is 2.03 bits per heavy atom. The van der Waals surface area contributed by atoms with Gasteiger partial charge in [0, 0.05) is 42.0 Å². The fourth-order valence-corrected chi connectivity index (χ4v) is 4.66. The number of fused-ring (bicyclic) bond motifs is 1. The Hall–Kier alpha value is -2.47. The van der Waals surface area contributed by atoms with Crippen LogP contribution in [0.4, 0.5) is 4.39 Å². The summed E-state index contributed by atoms with van der Waals surface area (Å²) in [5.41, 5.74) is 3.79. The number of Topliss-reactive ketones (excluding diaryl/α,β-unsaturated/α-hetero) is 1. The Balaban J connectivity index is 1.68. The maximum Gasteiger partial charge on any atom is 0.227 e. The molecule has 4 rings (SSSR count). The summed E-state index contributed by atoms with van der Waals surface area (Å²) in [6.45, 7) is 3.26. The first-order valence-electron chi connectivity index (χ1n) is 10.4. The molecule has 1 aliphatic heterocycles. The lowest BCUT2D eigenvalue weighted by Crippen LogP contribution is -2.43. The zero-order chi connectivity index (χ0) is 20.5. The second-order valence-electron chi connectivity index (χ2n) is 8.15. The average molecular weight is 398 g/mol. The van der Waals surface area contributed by atoms with Gasteiger partial charge in [-0.1, -0.05) is 18.2 Å². The van der Waals surface area contributed by atoms with Gasteiger partial charge in [0.05, 0.1) is 19.1 Å². The molecule has 0 unspecified atom stereocenters. The van der Waals surface area contributed by atoms with E-state index in [1.807, 2.05) is 11.5 Å². The molecule has 29 heavy (non-hydrogen) atoms. The molecule has 2 aromatic rings. The van der Waals surface area contributed by atoms with Crippen LogP contribution in [-0.2, 0) is 24.2 Å². The van der Waals surface area contributed by atoms with E-state index in [1.165, 1.54) is 6.07 Å². The van der Waals surface area contributed by atoms with Crippen LogP contribution in [0.2, 0.25) is 0 Å². The largest absolute Gasteiger partial charge is 0.391 e. The summed E-state index contributed by atoms with van der Waals surface area (Å²) in [5, 5.41) is 9.89. The number of aliphatic hydroxyl groups excluding tert-OH is 1. The maximum atomic E-state index is 14.2. The number of benzene rings is 1. The van der Waals surface area contributed by atoms with Crippen LogP contribution in [0.3, 0.4) is 0 Å². The highest BCUT2D eigenvalue weighted by atomic mass is 19.1. The summed E-state index contributed by atoms with van der Waals surface area (Å²) in [5.74, 6) is -0.254. The van der Waals surface area contributed by atoms with Crippen LogP contribution in [0.1, 0.15) is 58.6 Å². The van der Waals surface area contributed by atoms with Crippen LogP contribution < -0.4 is 0 Å². The van der Waals surface area contributed by atoms with Crippen molar-refractivity contribution in [2.75, 3.05) is 13.1 Å². The van der Waals surface area contributed by atoms with Crippen molar-refractivity contribution in [1.82, 2.24) is 9.47 Å². The molecule has 0 bridgehead atoms. The number of hydrogen-bond acceptors (Lipinski definition) is 3. The number of carbonyl (C=O) groups excluding carboxylic acids is 2. The van der Waals surface area contributed by atoms with Gasteiger partial charge in [0.2, 0.25) is 5.91 Å². The van der Waals surface area contributed by atoms with Crippen LogP contribution in [0.15, 0.2) is 24.3 Å². The predicted molar refractivity (Wildman–Crippen MR) is 107 cm³/mol. The third-order valence-electron chi connectivity index (χ3n) is 6.22. The van der Waals surface area contributed by atoms with Gasteiger partial charge in [-0.3, -0.25) is 9.59 Å². The minimum atomic E-state index is -0.477. The number of halogens is 1. The molecule has 1 fully saturated rings. The highest BCUT2D eigenvalue weighted by Crippen LogP contribution is 2.32. The lowest BCUT2D eigenvalue weighted by molar-refractivity contribution is -0.133. The molecule has 1 amide bonds. The van der Waals surface area contributed by atoms with Gasteiger partial charge >= 0.3 is 0 Å². The van der Waals surface area contributed by atoms with Gasteiger partial charge in [0.25, 0.3) is 0 Å². The van der Waals surface area contributed by atoms with Crippen molar-refractivity contribution >= 4 is 11.7 Å². The van der Waals surface area contributed by atoms with E-state index in [2.05, 4.69) is 0 Å². The highest BCUT2D eigenvalue weighted by molar-refractivity contribution is 6.01. The summed E-state index contributed by atoms with van der Waals surface area (Å²) in [7, 11) is 0. The fraction of sp³-hybridized carbons (Fsp3) is 0.478. The molecule has 0 spiro atoms. The van der Waals surface area contributed by atoms with Crippen LogP contribution in [0, 0.1) is 12.7 Å². The molecule has 1 atom stereocenters. The predicted octanol–water partition coefficient (Wildman–Crippen LogP) is 3.03. The zero-order valence-electron chi connectivity index (χ0n) is 16.8. The summed E-state index contributed by atoms with van der Waals surface area (Å²) in [6.07, 6.45) is 3.20. The normalized spacial score (nSPS) is 19.3. The second-order valence-corrected chi connectivity index (χ2v) is 8.15. The lowest BCUT2D eigenvalue weighted by atomic mass is 9.91. The van der Waals surface area contributed by atoms with E-state index in [4.69, 9.17) is 0 Å². The first kappa shape index (κ1) is 19.8. The number of ketones is 1. The summed E-state index contributed by atoms with van der Waals surface area (Å²) < 4.78 is 16.3. The number of aliphatic hydroxyl groups is 1. The van der Waals surface area contributed by atoms with E-state index in [1.54, 1.807) is 23.1 Å². The number of amides is 1. The molecule has 0 radical (unpaired) electrons. The topological polar surface area (TPSA) is 62.5 Å². The molecule has 5 nitrogen and oxygen atoms in total. The van der Waals surface area contributed by atoms with Crippen molar-refractivity contribution < 1.29 is 19.1 Å². The van der Waals surface area contributed by atoms with Crippen molar-refractivity contribution in [2.45, 2.75) is 58.1 Å². The maximum absolute atomic E-state index is 14.2. The average Bonchev–Trinajstić information content (AvgIpc) is 2.96. The van der Waals surface area contributed by atoms with E-state index >= 15 is 0 Å². The number of β-amino-alcohol motifs (C(OH)–C–C–N with tert-alkyl or cyclic N) is 1. The summed E-state index contributed by atoms with van der Waals surface area (Å²) in [4.78, 5) is 27.4. The van der Waals surface area contributed by atoms with Gasteiger partial charge in [-0.05, 0) is 44.2 Å². The van der Waals surface area contributed by atoms with Crippen molar-refractivity contribution in [2.24, 2.45) is 0 Å². The minimum Gasteiger partial charge on any atom is -0.391 e. The molecule has 1 saturated heterocycles. The Morgan fingerprint density at radius 1 is 1.24 bits per heavy atom. The minimum absolute atomic E-state index is 0.0592. The summed E-state index contributed by atoms with van der Waals surface area (Å²) >= 11 is 0. The van der Waals surface area contributed by atoms with Crippen molar-refractivity contribution in [3.05, 3.63) is 58.2 Å². The molecule has 1 N–H and O–H groups in total. The second kappa shape index (κ2) is 8.11. The number of carbonyl (C=O) groups is 2. The Bertz CT molecular complexity index is 950. The Morgan fingerprint density at radius 3 is 2.79 bits per heavy atom. The third-order valence-corrected chi connectivity index (χ3v) is 6.22. The number of rotatable bonds is 4. The van der Waals surface area contributed by atoms with Crippen LogP contribution in [0.25, 0.3) is 0 Å². The van der Waals surface area contributed by atoms with Crippen molar-refractivity contribution in [1.29, 1.82) is 0 Å². The molecule has 2 aliphatic rings. The SMILES string of the molecule is Cc1c(CC(=O)N2CCC[C@@H](O)C2)c2c(n1Cc1ccccc1F)CCCC2=O. The van der Waals surface area contributed by atoms with Gasteiger partial charge in [-0.2, -0.15) is 0 Å². The molecule has 1 aliphatic carbocycles. The molecule has 0 saturated carbocycles. The quantitative estimate of drug-likeness (QED) is 0.861.